The second-order valence-corrected chi connectivity index (χ2v) is 6.87. The van der Waals surface area contributed by atoms with E-state index in [1.165, 1.54) is 11.1 Å². The summed E-state index contributed by atoms with van der Waals surface area (Å²) in [7, 11) is 1.73. The Bertz CT molecular complexity index is 607. The first-order valence-electron chi connectivity index (χ1n) is 8.78. The summed E-state index contributed by atoms with van der Waals surface area (Å²) < 4.78 is 7.11. The van der Waals surface area contributed by atoms with Gasteiger partial charge in [-0.2, -0.15) is 5.10 Å². The molecule has 2 saturated heterocycles. The van der Waals surface area contributed by atoms with Crippen LogP contribution in [0.15, 0.2) is 6.07 Å². The Hall–Kier alpha value is -2.05. The number of carbonyl (C=O) groups is 2. The lowest BCUT2D eigenvalue weighted by atomic mass is 10.0. The summed E-state index contributed by atoms with van der Waals surface area (Å²) in [4.78, 5) is 28.3. The van der Waals surface area contributed by atoms with Crippen molar-refractivity contribution in [3.63, 3.8) is 0 Å². The van der Waals surface area contributed by atoms with E-state index >= 15 is 0 Å². The predicted molar refractivity (Wildman–Crippen MR) is 88.8 cm³/mol. The third-order valence-corrected chi connectivity index (χ3v) is 4.80. The van der Waals surface area contributed by atoms with Crippen LogP contribution >= 0.6 is 0 Å². The number of piperidine rings is 1. The van der Waals surface area contributed by atoms with Crippen molar-refractivity contribution in [1.82, 2.24) is 19.6 Å². The van der Waals surface area contributed by atoms with Crippen LogP contribution in [0.5, 0.6) is 5.88 Å². The Kier molecular flexibility index (Phi) is 5.06. The Morgan fingerprint density at radius 1 is 1.21 bits per heavy atom. The topological polar surface area (TPSA) is 67.7 Å². The first kappa shape index (κ1) is 16.8. The maximum Gasteiger partial charge on any atom is 0.274 e. The summed E-state index contributed by atoms with van der Waals surface area (Å²) in [6.07, 6.45) is 4.32. The number of carbonyl (C=O) groups excluding carboxylic acids is 2. The third kappa shape index (κ3) is 3.71. The molecule has 0 saturated carbocycles. The Morgan fingerprint density at radius 2 is 1.92 bits per heavy atom. The molecule has 7 heteroatoms. The van der Waals surface area contributed by atoms with E-state index in [-0.39, 0.29) is 18.4 Å². The summed E-state index contributed by atoms with van der Waals surface area (Å²) in [6, 6.07) is 1.64. The van der Waals surface area contributed by atoms with Gasteiger partial charge < -0.3 is 14.5 Å². The SMILES string of the molecule is C[C@H]1CCCN(C(=O)c2cc(OCC(=O)N3CCCC3)n(C)n2)C1. The van der Waals surface area contributed by atoms with Gasteiger partial charge in [0.15, 0.2) is 12.3 Å². The quantitative estimate of drug-likeness (QED) is 0.832. The Morgan fingerprint density at radius 3 is 2.62 bits per heavy atom. The van der Waals surface area contributed by atoms with Gasteiger partial charge in [-0.05, 0) is 31.6 Å². The molecule has 0 bridgehead atoms. The first-order chi connectivity index (χ1) is 11.5. The van der Waals surface area contributed by atoms with Gasteiger partial charge >= 0.3 is 0 Å². The van der Waals surface area contributed by atoms with Crippen LogP contribution in [0.2, 0.25) is 0 Å². The number of aryl methyl sites for hydroxylation is 1. The highest BCUT2D eigenvalue weighted by molar-refractivity contribution is 5.92. The second kappa shape index (κ2) is 7.23. The molecule has 0 radical (unpaired) electrons. The van der Waals surface area contributed by atoms with E-state index in [1.807, 2.05) is 9.80 Å². The van der Waals surface area contributed by atoms with E-state index in [0.717, 1.165) is 45.4 Å². The first-order valence-corrected chi connectivity index (χ1v) is 8.78. The van der Waals surface area contributed by atoms with Gasteiger partial charge in [0.05, 0.1) is 0 Å². The molecule has 1 aromatic heterocycles. The molecule has 3 heterocycles. The van der Waals surface area contributed by atoms with Crippen LogP contribution in [0.4, 0.5) is 0 Å². The lowest BCUT2D eigenvalue weighted by molar-refractivity contribution is -0.132. The van der Waals surface area contributed by atoms with Crippen LogP contribution in [0.1, 0.15) is 43.1 Å². The van der Waals surface area contributed by atoms with Crippen molar-refractivity contribution in [2.24, 2.45) is 13.0 Å². The smallest absolute Gasteiger partial charge is 0.274 e. The van der Waals surface area contributed by atoms with E-state index in [9.17, 15) is 9.59 Å². The van der Waals surface area contributed by atoms with Crippen LogP contribution in [0.3, 0.4) is 0 Å². The highest BCUT2D eigenvalue weighted by atomic mass is 16.5. The fourth-order valence-electron chi connectivity index (χ4n) is 3.42. The van der Waals surface area contributed by atoms with Gasteiger partial charge in [-0.3, -0.25) is 9.59 Å². The number of amides is 2. The molecule has 0 spiro atoms. The minimum Gasteiger partial charge on any atom is -0.468 e. The largest absolute Gasteiger partial charge is 0.468 e. The standard InChI is InChI=1S/C17H26N4O3/c1-13-6-5-9-21(11-13)17(23)14-10-16(19(2)18-14)24-12-15(22)20-7-3-4-8-20/h10,13H,3-9,11-12H2,1-2H3/t13-/m0/s1. The summed E-state index contributed by atoms with van der Waals surface area (Å²) in [5.41, 5.74) is 0.384. The number of rotatable bonds is 4. The van der Waals surface area contributed by atoms with Crippen molar-refractivity contribution in [3.8, 4) is 5.88 Å². The molecular weight excluding hydrogens is 308 g/mol. The maximum atomic E-state index is 12.6. The van der Waals surface area contributed by atoms with E-state index in [2.05, 4.69) is 12.0 Å². The molecule has 1 aromatic rings. The highest BCUT2D eigenvalue weighted by Gasteiger charge is 2.25. The molecule has 0 unspecified atom stereocenters. The van der Waals surface area contributed by atoms with Gasteiger partial charge in [-0.25, -0.2) is 4.68 Å². The predicted octanol–water partition coefficient (Wildman–Crippen LogP) is 1.29. The molecule has 24 heavy (non-hydrogen) atoms. The zero-order valence-electron chi connectivity index (χ0n) is 14.5. The molecule has 2 aliphatic heterocycles. The summed E-state index contributed by atoms with van der Waals surface area (Å²) in [5.74, 6) is 0.917. The van der Waals surface area contributed by atoms with Crippen molar-refractivity contribution >= 4 is 11.8 Å². The van der Waals surface area contributed by atoms with Gasteiger partial charge in [-0.15, -0.1) is 0 Å². The van der Waals surface area contributed by atoms with Gasteiger partial charge in [0, 0.05) is 39.3 Å². The second-order valence-electron chi connectivity index (χ2n) is 6.87. The van der Waals surface area contributed by atoms with Crippen molar-refractivity contribution in [2.45, 2.75) is 32.6 Å². The summed E-state index contributed by atoms with van der Waals surface area (Å²) >= 11 is 0. The van der Waals surface area contributed by atoms with Crippen LogP contribution in [0, 0.1) is 5.92 Å². The van der Waals surface area contributed by atoms with E-state index in [0.29, 0.717) is 17.5 Å². The van der Waals surface area contributed by atoms with Crippen LogP contribution in [0.25, 0.3) is 0 Å². The molecular formula is C17H26N4O3. The fourth-order valence-corrected chi connectivity index (χ4v) is 3.42. The minimum atomic E-state index is -0.0575. The molecule has 3 rings (SSSR count). The van der Waals surface area contributed by atoms with Gasteiger partial charge in [0.25, 0.3) is 11.8 Å². The number of ether oxygens (including phenoxy) is 1. The number of likely N-dealkylation sites (tertiary alicyclic amines) is 2. The molecule has 0 N–H and O–H groups in total. The molecule has 2 amide bonds. The molecule has 0 aromatic carbocycles. The van der Waals surface area contributed by atoms with Crippen molar-refractivity contribution in [3.05, 3.63) is 11.8 Å². The number of aromatic nitrogens is 2. The number of hydrogen-bond acceptors (Lipinski definition) is 4. The van der Waals surface area contributed by atoms with E-state index < -0.39 is 0 Å². The Labute approximate surface area is 142 Å². The third-order valence-electron chi connectivity index (χ3n) is 4.80. The minimum absolute atomic E-state index is 0.00604. The molecule has 132 valence electrons. The number of hydrogen-bond donors (Lipinski definition) is 0. The summed E-state index contributed by atoms with van der Waals surface area (Å²) in [5, 5.41) is 4.26. The molecule has 2 fully saturated rings. The summed E-state index contributed by atoms with van der Waals surface area (Å²) in [6.45, 7) is 5.33. The van der Waals surface area contributed by atoms with Crippen molar-refractivity contribution in [2.75, 3.05) is 32.8 Å². The molecule has 0 aliphatic carbocycles. The van der Waals surface area contributed by atoms with E-state index in [4.69, 9.17) is 4.74 Å². The fraction of sp³-hybridized carbons (Fsp3) is 0.706. The lowest BCUT2D eigenvalue weighted by Crippen LogP contribution is -2.39. The zero-order chi connectivity index (χ0) is 17.1. The number of nitrogens with zero attached hydrogens (tertiary/aromatic N) is 4. The van der Waals surface area contributed by atoms with Gasteiger partial charge in [0.1, 0.15) is 0 Å². The van der Waals surface area contributed by atoms with Gasteiger partial charge in [0.2, 0.25) is 5.88 Å². The monoisotopic (exact) mass is 334 g/mol. The van der Waals surface area contributed by atoms with Gasteiger partial charge in [-0.1, -0.05) is 6.92 Å². The molecule has 2 aliphatic rings. The highest BCUT2D eigenvalue weighted by Crippen LogP contribution is 2.20. The molecule has 1 atom stereocenters. The van der Waals surface area contributed by atoms with Crippen molar-refractivity contribution in [1.29, 1.82) is 0 Å². The van der Waals surface area contributed by atoms with Crippen LogP contribution in [-0.4, -0.2) is 64.2 Å². The average molecular weight is 334 g/mol. The zero-order valence-corrected chi connectivity index (χ0v) is 14.5. The lowest BCUT2D eigenvalue weighted by Gasteiger charge is -2.30. The maximum absolute atomic E-state index is 12.6. The normalized spacial score (nSPS) is 21.2. The van der Waals surface area contributed by atoms with Crippen LogP contribution < -0.4 is 4.74 Å². The van der Waals surface area contributed by atoms with Crippen LogP contribution in [-0.2, 0) is 11.8 Å². The molecule has 7 nitrogen and oxygen atoms in total. The Balaban J connectivity index is 1.59. The average Bonchev–Trinajstić information content (AvgIpc) is 3.22. The van der Waals surface area contributed by atoms with Crippen molar-refractivity contribution < 1.29 is 14.3 Å². The van der Waals surface area contributed by atoms with E-state index in [1.54, 1.807) is 13.1 Å².